The van der Waals surface area contributed by atoms with Gasteiger partial charge < -0.3 is 37.4 Å². The fourth-order valence-electron chi connectivity index (χ4n) is 4.45. The summed E-state index contributed by atoms with van der Waals surface area (Å²) in [5, 5.41) is 17.3. The molecule has 47 heavy (non-hydrogen) atoms. The number of likely N-dealkylation sites (N-methyl/N-ethyl adjacent to an activating group) is 1. The molecule has 3 aromatic rings. The first-order valence-corrected chi connectivity index (χ1v) is 15.7. The highest BCUT2D eigenvalue weighted by Crippen LogP contribution is 2.44. The highest BCUT2D eigenvalue weighted by atomic mass is 32.2. The summed E-state index contributed by atoms with van der Waals surface area (Å²) in [4.78, 5) is 13.2. The lowest BCUT2D eigenvalue weighted by Crippen LogP contribution is -2.25. The minimum Gasteiger partial charge on any atom is -0.399 e. The van der Waals surface area contributed by atoms with Crippen molar-refractivity contribution < 1.29 is 13.2 Å². The van der Waals surface area contributed by atoms with Gasteiger partial charge in [-0.2, -0.15) is 24.9 Å². The first-order chi connectivity index (χ1) is 22.0. The van der Waals surface area contributed by atoms with Crippen LogP contribution in [0.5, 0.6) is 0 Å². The smallest absolute Gasteiger partial charge is 0.399 e. The topological polar surface area (TPSA) is 144 Å². The number of alkyl halides is 3. The van der Waals surface area contributed by atoms with Crippen molar-refractivity contribution in [3.8, 4) is 11.3 Å². The van der Waals surface area contributed by atoms with Crippen LogP contribution in [0.3, 0.4) is 0 Å². The van der Waals surface area contributed by atoms with Crippen LogP contribution < -0.4 is 16.8 Å². The Hall–Kier alpha value is -4.20. The number of allylic oxidation sites excluding steroid dienone is 1. The normalized spacial score (nSPS) is 12.0. The van der Waals surface area contributed by atoms with Gasteiger partial charge in [-0.25, -0.2) is 4.98 Å². The van der Waals surface area contributed by atoms with E-state index in [2.05, 4.69) is 46.6 Å². The highest BCUT2D eigenvalue weighted by Gasteiger charge is 2.36. The largest absolute Gasteiger partial charge is 0.418 e. The second kappa shape index (κ2) is 18.8. The van der Waals surface area contributed by atoms with Crippen molar-refractivity contribution in [3.63, 3.8) is 0 Å². The van der Waals surface area contributed by atoms with E-state index in [1.165, 1.54) is 6.08 Å². The van der Waals surface area contributed by atoms with Crippen LogP contribution in [0.2, 0.25) is 0 Å². The molecule has 1 aliphatic rings. The molecule has 0 aliphatic carbocycles. The molecule has 0 fully saturated rings. The van der Waals surface area contributed by atoms with Crippen molar-refractivity contribution >= 4 is 46.5 Å². The number of hydrogen-bond acceptors (Lipinski definition) is 10. The first kappa shape index (κ1) is 40.8. The summed E-state index contributed by atoms with van der Waals surface area (Å²) in [6, 6.07) is 4.53. The SMILES string of the molecule is C=C(NCCN(C)C)c1ccc(-c2nc3c(C(F)(F)F)cc(N)c(C(C)=N)c3c3c2CSCC3)cn1.C=CC(=C)N.C=N.CN(C)C. The summed E-state index contributed by atoms with van der Waals surface area (Å²) in [6.07, 6.45) is -0.929. The molecule has 1 aromatic carbocycles. The van der Waals surface area contributed by atoms with Crippen molar-refractivity contribution in [1.82, 2.24) is 25.1 Å². The van der Waals surface area contributed by atoms with Gasteiger partial charge in [-0.05, 0) is 96.5 Å². The van der Waals surface area contributed by atoms with Gasteiger partial charge in [0.1, 0.15) is 0 Å². The number of thioether (sulfide) groups is 1. The molecule has 0 saturated heterocycles. The zero-order valence-corrected chi connectivity index (χ0v) is 29.1. The number of nitrogens with two attached hydrogens (primary N) is 2. The van der Waals surface area contributed by atoms with E-state index in [9.17, 15) is 13.2 Å². The van der Waals surface area contributed by atoms with Gasteiger partial charge in [0.15, 0.2) is 0 Å². The van der Waals surface area contributed by atoms with E-state index >= 15 is 0 Å². The van der Waals surface area contributed by atoms with Crippen molar-refractivity contribution in [2.75, 3.05) is 59.8 Å². The first-order valence-electron chi connectivity index (χ1n) is 14.5. The van der Waals surface area contributed by atoms with Gasteiger partial charge in [-0.3, -0.25) is 4.98 Å². The Morgan fingerprint density at radius 1 is 1.13 bits per heavy atom. The van der Waals surface area contributed by atoms with Crippen LogP contribution >= 0.6 is 11.8 Å². The molecule has 0 radical (unpaired) electrons. The quantitative estimate of drug-likeness (QED) is 0.107. The third kappa shape index (κ3) is 11.8. The molecule has 1 aliphatic heterocycles. The number of benzene rings is 1. The Bertz CT molecular complexity index is 1550. The summed E-state index contributed by atoms with van der Waals surface area (Å²) in [7, 11) is 9.97. The van der Waals surface area contributed by atoms with Gasteiger partial charge in [-0.15, -0.1) is 0 Å². The molecule has 13 heteroatoms. The third-order valence-electron chi connectivity index (χ3n) is 6.43. The number of nitrogens with one attached hydrogen (secondary N) is 3. The van der Waals surface area contributed by atoms with Crippen LogP contribution in [0.25, 0.3) is 27.9 Å². The number of fused-ring (bicyclic) bond motifs is 3. The lowest BCUT2D eigenvalue weighted by Gasteiger charge is -2.25. The Kier molecular flexibility index (Phi) is 16.3. The van der Waals surface area contributed by atoms with Crippen LogP contribution in [0.15, 0.2) is 55.9 Å². The average Bonchev–Trinajstić information content (AvgIpc) is 3.00. The number of nitrogen functional groups attached to an aromatic ring is 1. The van der Waals surface area contributed by atoms with E-state index in [4.69, 9.17) is 22.3 Å². The molecule has 0 saturated carbocycles. The molecule has 2 aromatic heterocycles. The molecule has 3 heterocycles. The minimum atomic E-state index is -4.64. The monoisotopic (exact) mass is 671 g/mol. The van der Waals surface area contributed by atoms with Crippen molar-refractivity contribution in [2.24, 2.45) is 5.73 Å². The van der Waals surface area contributed by atoms with Gasteiger partial charge in [-0.1, -0.05) is 19.7 Å². The second-order valence-electron chi connectivity index (χ2n) is 11.2. The molecular weight excluding hydrogens is 623 g/mol. The molecule has 0 spiro atoms. The van der Waals surface area contributed by atoms with E-state index in [0.717, 1.165) is 29.5 Å². The molecular formula is C34H48F3N9S. The predicted molar refractivity (Wildman–Crippen MR) is 195 cm³/mol. The number of rotatable bonds is 8. The van der Waals surface area contributed by atoms with Crippen LogP contribution in [-0.2, 0) is 18.3 Å². The van der Waals surface area contributed by atoms with Gasteiger partial charge >= 0.3 is 6.18 Å². The standard InChI is InChI=1S/C26H29F3N6S.C4H7N.C3H9N.CH3N/c1-14(30)22-20(31)11-19(26(27,28)29)25-23(22)17-7-10-36-13-18(17)24(34-25)16-5-6-21(33-12-16)15(2)32-8-9-35(3)4;1-3-4(2)5;1-4(2)3;1-2/h5-6,11-12,30,32H,2,7-10,13,31H2,1,3-4H3;3H,1-2,5H2;1-3H3;2H,1H2. The summed E-state index contributed by atoms with van der Waals surface area (Å²) >= 11 is 1.71. The molecule has 7 N–H and O–H groups in total. The molecule has 0 amide bonds. The lowest BCUT2D eigenvalue weighted by molar-refractivity contribution is -0.136. The Balaban J connectivity index is 0.000000877. The number of nitrogens with zero attached hydrogens (tertiary/aromatic N) is 4. The Labute approximate surface area is 281 Å². The maximum absolute atomic E-state index is 14.1. The predicted octanol–water partition coefficient (Wildman–Crippen LogP) is 6.29. The van der Waals surface area contributed by atoms with Crippen molar-refractivity contribution in [1.29, 1.82) is 10.8 Å². The molecule has 0 atom stereocenters. The maximum atomic E-state index is 14.1. The third-order valence-corrected chi connectivity index (χ3v) is 7.42. The van der Waals surface area contributed by atoms with E-state index in [1.54, 1.807) is 30.9 Å². The highest BCUT2D eigenvalue weighted by molar-refractivity contribution is 7.98. The van der Waals surface area contributed by atoms with Crippen molar-refractivity contribution in [3.05, 3.63) is 83.9 Å². The fourth-order valence-corrected chi connectivity index (χ4v) is 5.46. The summed E-state index contributed by atoms with van der Waals surface area (Å²) in [5.74, 6) is 1.38. The van der Waals surface area contributed by atoms with E-state index in [-0.39, 0.29) is 16.9 Å². The number of hydrogen-bond donors (Lipinski definition) is 5. The molecule has 0 unspecified atom stereocenters. The Morgan fingerprint density at radius 2 is 1.72 bits per heavy atom. The number of halogens is 3. The zero-order valence-electron chi connectivity index (χ0n) is 28.2. The maximum Gasteiger partial charge on any atom is 0.418 e. The average molecular weight is 672 g/mol. The van der Waals surface area contributed by atoms with Gasteiger partial charge in [0.2, 0.25) is 0 Å². The van der Waals surface area contributed by atoms with Gasteiger partial charge in [0.05, 0.1) is 28.2 Å². The minimum absolute atomic E-state index is 0.0522. The van der Waals surface area contributed by atoms with Crippen LogP contribution in [0.1, 0.15) is 34.9 Å². The number of pyridine rings is 2. The summed E-state index contributed by atoms with van der Waals surface area (Å²) < 4.78 is 42.3. The molecule has 0 bridgehead atoms. The van der Waals surface area contributed by atoms with E-state index < -0.39 is 11.7 Å². The Morgan fingerprint density at radius 3 is 2.19 bits per heavy atom. The van der Waals surface area contributed by atoms with Crippen LogP contribution in [0, 0.1) is 10.8 Å². The summed E-state index contributed by atoms with van der Waals surface area (Å²) in [5.41, 5.74) is 15.0. The van der Waals surface area contributed by atoms with Crippen LogP contribution in [0.4, 0.5) is 18.9 Å². The summed E-state index contributed by atoms with van der Waals surface area (Å²) in [6.45, 7) is 16.3. The van der Waals surface area contributed by atoms with E-state index in [0.29, 0.717) is 58.0 Å². The number of anilines is 1. The van der Waals surface area contributed by atoms with Crippen molar-refractivity contribution in [2.45, 2.75) is 25.3 Å². The van der Waals surface area contributed by atoms with Gasteiger partial charge in [0, 0.05) is 58.6 Å². The van der Waals surface area contributed by atoms with Crippen LogP contribution in [-0.4, -0.2) is 86.3 Å². The lowest BCUT2D eigenvalue weighted by atomic mass is 9.89. The molecule has 256 valence electrons. The van der Waals surface area contributed by atoms with Gasteiger partial charge in [0.25, 0.3) is 0 Å². The fraction of sp³-hybridized carbons (Fsp3) is 0.353. The molecule has 9 nitrogen and oxygen atoms in total. The zero-order chi connectivity index (χ0) is 36.1. The molecule has 4 rings (SSSR count). The van der Waals surface area contributed by atoms with E-state index in [1.807, 2.05) is 46.2 Å². The number of aromatic nitrogens is 2. The number of aryl methyl sites for hydroxylation is 1. The second-order valence-corrected chi connectivity index (χ2v) is 12.3.